The first-order valence-electron chi connectivity index (χ1n) is 5.70. The molecule has 1 atom stereocenters. The predicted octanol–water partition coefficient (Wildman–Crippen LogP) is 3.56. The summed E-state index contributed by atoms with van der Waals surface area (Å²) in [5.41, 5.74) is 1.20. The zero-order valence-corrected chi connectivity index (χ0v) is 12.4. The summed E-state index contributed by atoms with van der Waals surface area (Å²) >= 11 is 0. The molecule has 1 rings (SSSR count). The molecular formula is C13H18FNO2Si. The molecule has 0 bridgehead atoms. The maximum absolute atomic E-state index is 13.8. The molecule has 0 spiro atoms. The van der Waals surface area contributed by atoms with Crippen LogP contribution in [0.3, 0.4) is 0 Å². The Morgan fingerprint density at radius 2 is 1.94 bits per heavy atom. The number of ether oxygens (including phenoxy) is 1. The second-order valence-corrected chi connectivity index (χ2v) is 9.57. The van der Waals surface area contributed by atoms with Gasteiger partial charge in [0.05, 0.1) is 13.2 Å². The fraction of sp³-hybridized carbons (Fsp3) is 0.462. The Morgan fingerprint density at radius 3 is 2.39 bits per heavy atom. The average molecular weight is 267 g/mol. The summed E-state index contributed by atoms with van der Waals surface area (Å²) in [7, 11) is -0.506. The van der Waals surface area contributed by atoms with Crippen LogP contribution in [0.15, 0.2) is 12.1 Å². The normalized spacial score (nSPS) is 12.9. The second-order valence-electron chi connectivity index (χ2n) is 5.11. The molecule has 0 aromatic heterocycles. The molecule has 0 amide bonds. The van der Waals surface area contributed by atoms with E-state index in [4.69, 9.17) is 9.16 Å². The van der Waals surface area contributed by atoms with E-state index in [0.717, 1.165) is 5.56 Å². The van der Waals surface area contributed by atoms with Crippen LogP contribution in [0.4, 0.5) is 4.39 Å². The summed E-state index contributed by atoms with van der Waals surface area (Å²) in [5.74, 6) is -0.377. The molecule has 0 fully saturated rings. The highest BCUT2D eigenvalue weighted by molar-refractivity contribution is 6.69. The molecule has 0 aliphatic carbocycles. The van der Waals surface area contributed by atoms with Crippen LogP contribution in [0.2, 0.25) is 19.6 Å². The van der Waals surface area contributed by atoms with E-state index in [1.54, 1.807) is 13.0 Å². The number of methoxy groups -OCH3 is 1. The first kappa shape index (κ1) is 14.7. The highest BCUT2D eigenvalue weighted by Gasteiger charge is 2.26. The van der Waals surface area contributed by atoms with E-state index in [0.29, 0.717) is 5.56 Å². The van der Waals surface area contributed by atoms with Gasteiger partial charge < -0.3 is 9.16 Å². The van der Waals surface area contributed by atoms with Crippen LogP contribution in [0.5, 0.6) is 5.75 Å². The molecule has 1 aromatic rings. The van der Waals surface area contributed by atoms with E-state index in [1.165, 1.54) is 13.2 Å². The number of nitriles is 1. The first-order valence-corrected chi connectivity index (χ1v) is 9.11. The third kappa shape index (κ3) is 3.55. The average Bonchev–Trinajstić information content (AvgIpc) is 2.23. The smallest absolute Gasteiger partial charge is 0.186 e. The summed E-state index contributed by atoms with van der Waals surface area (Å²) in [6, 6.07) is 5.18. The van der Waals surface area contributed by atoms with Gasteiger partial charge in [0.2, 0.25) is 0 Å². The number of hydrogen-bond donors (Lipinski definition) is 0. The number of hydrogen-bond acceptors (Lipinski definition) is 3. The van der Waals surface area contributed by atoms with Gasteiger partial charge in [0, 0.05) is 5.56 Å². The van der Waals surface area contributed by atoms with Crippen molar-refractivity contribution in [2.24, 2.45) is 0 Å². The van der Waals surface area contributed by atoms with Gasteiger partial charge in [0.15, 0.2) is 26.0 Å². The van der Waals surface area contributed by atoms with Gasteiger partial charge in [-0.25, -0.2) is 4.39 Å². The van der Waals surface area contributed by atoms with E-state index in [9.17, 15) is 9.65 Å². The molecule has 0 saturated heterocycles. The van der Waals surface area contributed by atoms with Crippen LogP contribution in [0.1, 0.15) is 17.2 Å². The van der Waals surface area contributed by atoms with Crippen LogP contribution in [-0.2, 0) is 4.43 Å². The molecule has 0 aliphatic rings. The summed E-state index contributed by atoms with van der Waals surface area (Å²) in [4.78, 5) is 0. The molecule has 1 unspecified atom stereocenters. The molecule has 0 N–H and O–H groups in total. The minimum Gasteiger partial charge on any atom is -0.493 e. The summed E-state index contributed by atoms with van der Waals surface area (Å²) in [6.07, 6.45) is -0.791. The monoisotopic (exact) mass is 267 g/mol. The molecule has 1 aromatic carbocycles. The van der Waals surface area contributed by atoms with Crippen LogP contribution in [0.25, 0.3) is 0 Å². The Bertz CT molecular complexity index is 477. The second kappa shape index (κ2) is 5.51. The maximum Gasteiger partial charge on any atom is 0.186 e. The first-order chi connectivity index (χ1) is 8.28. The van der Waals surface area contributed by atoms with Crippen molar-refractivity contribution in [1.29, 1.82) is 5.26 Å². The Morgan fingerprint density at radius 1 is 1.33 bits per heavy atom. The van der Waals surface area contributed by atoms with Gasteiger partial charge in [-0.2, -0.15) is 5.26 Å². The summed E-state index contributed by atoms with van der Waals surface area (Å²) in [5, 5.41) is 9.21. The zero-order valence-electron chi connectivity index (χ0n) is 11.4. The van der Waals surface area contributed by atoms with Crippen molar-refractivity contribution >= 4 is 8.32 Å². The van der Waals surface area contributed by atoms with E-state index in [-0.39, 0.29) is 5.75 Å². The summed E-state index contributed by atoms with van der Waals surface area (Å²) in [6.45, 7) is 7.72. The van der Waals surface area contributed by atoms with Crippen LogP contribution in [0, 0.1) is 24.1 Å². The lowest BCUT2D eigenvalue weighted by Gasteiger charge is -2.23. The largest absolute Gasteiger partial charge is 0.493 e. The lowest BCUT2D eigenvalue weighted by atomic mass is 10.1. The Labute approximate surface area is 108 Å². The van der Waals surface area contributed by atoms with Crippen molar-refractivity contribution in [2.45, 2.75) is 32.7 Å². The number of nitrogens with zero attached hydrogens (tertiary/aromatic N) is 1. The van der Waals surface area contributed by atoms with Gasteiger partial charge in [-0.15, -0.1) is 0 Å². The van der Waals surface area contributed by atoms with Crippen molar-refractivity contribution in [2.75, 3.05) is 7.11 Å². The minimum atomic E-state index is -1.90. The fourth-order valence-corrected chi connectivity index (χ4v) is 2.57. The van der Waals surface area contributed by atoms with E-state index in [1.807, 2.05) is 19.6 Å². The standard InChI is InChI=1S/C13H18FNO2Si/c1-9-6-10(13(16-2)11(14)7-9)12(8-15)17-18(3,4)5/h6-7,12H,1-5H3. The SMILES string of the molecule is COc1c(F)cc(C)cc1C(C#N)O[Si](C)(C)C. The van der Waals surface area contributed by atoms with E-state index < -0.39 is 20.2 Å². The van der Waals surface area contributed by atoms with Gasteiger partial charge in [0.25, 0.3) is 0 Å². The maximum atomic E-state index is 13.8. The number of benzene rings is 1. The van der Waals surface area contributed by atoms with Crippen molar-refractivity contribution in [3.8, 4) is 11.8 Å². The van der Waals surface area contributed by atoms with Crippen LogP contribution >= 0.6 is 0 Å². The van der Waals surface area contributed by atoms with Gasteiger partial charge in [0.1, 0.15) is 0 Å². The zero-order chi connectivity index (χ0) is 13.9. The number of aryl methyl sites for hydroxylation is 1. The third-order valence-electron chi connectivity index (χ3n) is 2.29. The van der Waals surface area contributed by atoms with Gasteiger partial charge >= 0.3 is 0 Å². The number of rotatable bonds is 4. The Balaban J connectivity index is 3.25. The van der Waals surface area contributed by atoms with Gasteiger partial charge in [-0.1, -0.05) is 0 Å². The molecule has 3 nitrogen and oxygen atoms in total. The summed E-state index contributed by atoms with van der Waals surface area (Å²) < 4.78 is 24.6. The predicted molar refractivity (Wildman–Crippen MR) is 70.5 cm³/mol. The van der Waals surface area contributed by atoms with Crippen LogP contribution < -0.4 is 4.74 Å². The van der Waals surface area contributed by atoms with E-state index >= 15 is 0 Å². The lowest BCUT2D eigenvalue weighted by Crippen LogP contribution is -2.27. The molecule has 0 heterocycles. The molecular weight excluding hydrogens is 249 g/mol. The molecule has 5 heteroatoms. The Hall–Kier alpha value is -1.38. The van der Waals surface area contributed by atoms with Crippen molar-refractivity contribution < 1.29 is 13.6 Å². The Kier molecular flexibility index (Phi) is 4.49. The molecule has 0 saturated carbocycles. The molecule has 98 valence electrons. The highest BCUT2D eigenvalue weighted by Crippen LogP contribution is 2.32. The molecule has 18 heavy (non-hydrogen) atoms. The minimum absolute atomic E-state index is 0.0883. The molecule has 0 radical (unpaired) electrons. The fourth-order valence-electron chi connectivity index (χ4n) is 1.68. The number of halogens is 1. The molecule has 0 aliphatic heterocycles. The third-order valence-corrected chi connectivity index (χ3v) is 3.23. The highest BCUT2D eigenvalue weighted by atomic mass is 28.4. The van der Waals surface area contributed by atoms with Crippen molar-refractivity contribution in [3.63, 3.8) is 0 Å². The van der Waals surface area contributed by atoms with Crippen LogP contribution in [-0.4, -0.2) is 15.4 Å². The van der Waals surface area contributed by atoms with Crippen molar-refractivity contribution in [3.05, 3.63) is 29.1 Å². The lowest BCUT2D eigenvalue weighted by molar-refractivity contribution is 0.246. The quantitative estimate of drug-likeness (QED) is 0.783. The van der Waals surface area contributed by atoms with Gasteiger partial charge in [-0.05, 0) is 44.3 Å². The van der Waals surface area contributed by atoms with E-state index in [2.05, 4.69) is 6.07 Å². The van der Waals surface area contributed by atoms with Gasteiger partial charge in [-0.3, -0.25) is 0 Å². The van der Waals surface area contributed by atoms with Crippen molar-refractivity contribution in [1.82, 2.24) is 0 Å². The topological polar surface area (TPSA) is 42.2 Å².